The third-order valence-electron chi connectivity index (χ3n) is 4.01. The second-order valence-electron chi connectivity index (χ2n) is 5.51. The lowest BCUT2D eigenvalue weighted by Gasteiger charge is -2.36. The first kappa shape index (κ1) is 14.5. The smallest absolute Gasteiger partial charge is 0.0948 e. The topological polar surface area (TPSA) is 33.1 Å². The summed E-state index contributed by atoms with van der Waals surface area (Å²) in [5, 5.41) is 3.50. The standard InChI is InChI=1S/C15H28N4/c1-3-8-19-13-17-11-15(19)12-18-9-6-5-7-14(18)10-16-4-2/h11,13-14,16H,3-10,12H2,1-2H3. The lowest BCUT2D eigenvalue weighted by atomic mass is 10.0. The van der Waals surface area contributed by atoms with E-state index in [2.05, 4.69) is 33.6 Å². The Morgan fingerprint density at radius 3 is 3.05 bits per heavy atom. The third kappa shape index (κ3) is 4.05. The Kier molecular flexibility index (Phi) is 5.86. The number of hydrogen-bond acceptors (Lipinski definition) is 3. The molecule has 1 aromatic rings. The Labute approximate surface area is 117 Å². The molecule has 1 atom stereocenters. The van der Waals surface area contributed by atoms with Crippen molar-refractivity contribution in [1.82, 2.24) is 19.8 Å². The fraction of sp³-hybridized carbons (Fsp3) is 0.800. The van der Waals surface area contributed by atoms with E-state index >= 15 is 0 Å². The highest BCUT2D eigenvalue weighted by Gasteiger charge is 2.22. The molecule has 0 aliphatic carbocycles. The maximum absolute atomic E-state index is 4.31. The van der Waals surface area contributed by atoms with Crippen molar-refractivity contribution in [3.05, 3.63) is 18.2 Å². The zero-order valence-electron chi connectivity index (χ0n) is 12.4. The van der Waals surface area contributed by atoms with Gasteiger partial charge in [-0.15, -0.1) is 0 Å². The summed E-state index contributed by atoms with van der Waals surface area (Å²) in [6.07, 6.45) is 9.22. The first-order chi connectivity index (χ1) is 9.35. The molecule has 108 valence electrons. The summed E-state index contributed by atoms with van der Waals surface area (Å²) < 4.78 is 2.30. The van der Waals surface area contributed by atoms with Crippen LogP contribution in [0.4, 0.5) is 0 Å². The van der Waals surface area contributed by atoms with Crippen LogP contribution >= 0.6 is 0 Å². The van der Waals surface area contributed by atoms with Crippen LogP contribution in [0, 0.1) is 0 Å². The van der Waals surface area contributed by atoms with Crippen LogP contribution in [0.2, 0.25) is 0 Å². The van der Waals surface area contributed by atoms with Gasteiger partial charge >= 0.3 is 0 Å². The minimum absolute atomic E-state index is 0.693. The molecule has 1 unspecified atom stereocenters. The Bertz CT molecular complexity index is 361. The molecule has 1 aliphatic rings. The van der Waals surface area contributed by atoms with Gasteiger partial charge in [-0.2, -0.15) is 0 Å². The Morgan fingerprint density at radius 1 is 1.37 bits per heavy atom. The molecule has 0 saturated carbocycles. The zero-order chi connectivity index (χ0) is 13.5. The van der Waals surface area contributed by atoms with Crippen molar-refractivity contribution in [2.75, 3.05) is 19.6 Å². The number of piperidine rings is 1. The zero-order valence-corrected chi connectivity index (χ0v) is 12.4. The maximum Gasteiger partial charge on any atom is 0.0948 e. The van der Waals surface area contributed by atoms with E-state index < -0.39 is 0 Å². The summed E-state index contributed by atoms with van der Waals surface area (Å²) in [6.45, 7) is 9.96. The van der Waals surface area contributed by atoms with Crippen molar-refractivity contribution in [3.63, 3.8) is 0 Å². The largest absolute Gasteiger partial charge is 0.333 e. The number of aryl methyl sites for hydroxylation is 1. The van der Waals surface area contributed by atoms with Crippen LogP contribution < -0.4 is 5.32 Å². The highest BCUT2D eigenvalue weighted by molar-refractivity contribution is 4.99. The Balaban J connectivity index is 1.96. The van der Waals surface area contributed by atoms with E-state index in [1.54, 1.807) is 0 Å². The molecule has 2 heterocycles. The Hall–Kier alpha value is -0.870. The summed E-state index contributed by atoms with van der Waals surface area (Å²) in [5.41, 5.74) is 1.37. The molecule has 0 radical (unpaired) electrons. The summed E-state index contributed by atoms with van der Waals surface area (Å²) >= 11 is 0. The highest BCUT2D eigenvalue weighted by Crippen LogP contribution is 2.19. The number of hydrogen-bond donors (Lipinski definition) is 1. The molecule has 1 aliphatic heterocycles. The van der Waals surface area contributed by atoms with Crippen LogP contribution in [0.15, 0.2) is 12.5 Å². The van der Waals surface area contributed by atoms with E-state index in [-0.39, 0.29) is 0 Å². The summed E-state index contributed by atoms with van der Waals surface area (Å²) in [5.74, 6) is 0. The summed E-state index contributed by atoms with van der Waals surface area (Å²) in [6, 6.07) is 0.693. The SMILES string of the molecule is CCCn1cncc1CN1CCCCC1CNCC. The van der Waals surface area contributed by atoms with Crippen LogP contribution in [-0.2, 0) is 13.1 Å². The molecule has 0 bridgehead atoms. The van der Waals surface area contributed by atoms with Gasteiger partial charge in [0.15, 0.2) is 0 Å². The molecule has 0 aromatic carbocycles. The first-order valence-electron chi connectivity index (χ1n) is 7.79. The van der Waals surface area contributed by atoms with Gasteiger partial charge in [0.1, 0.15) is 0 Å². The van der Waals surface area contributed by atoms with Crippen molar-refractivity contribution in [2.24, 2.45) is 0 Å². The Morgan fingerprint density at radius 2 is 2.26 bits per heavy atom. The van der Waals surface area contributed by atoms with Gasteiger partial charge in [0.25, 0.3) is 0 Å². The average molecular weight is 264 g/mol. The van der Waals surface area contributed by atoms with E-state index in [1.165, 1.54) is 37.9 Å². The van der Waals surface area contributed by atoms with Crippen LogP contribution in [0.3, 0.4) is 0 Å². The van der Waals surface area contributed by atoms with E-state index in [1.807, 2.05) is 12.5 Å². The van der Waals surface area contributed by atoms with Gasteiger partial charge in [-0.25, -0.2) is 4.98 Å². The molecule has 0 amide bonds. The van der Waals surface area contributed by atoms with Gasteiger partial charge in [0.05, 0.1) is 12.0 Å². The second kappa shape index (κ2) is 7.65. The monoisotopic (exact) mass is 264 g/mol. The molecule has 0 spiro atoms. The van der Waals surface area contributed by atoms with Gasteiger partial charge in [-0.1, -0.05) is 20.3 Å². The van der Waals surface area contributed by atoms with Crippen LogP contribution in [-0.4, -0.2) is 40.1 Å². The number of likely N-dealkylation sites (tertiary alicyclic amines) is 1. The number of rotatable bonds is 7. The summed E-state index contributed by atoms with van der Waals surface area (Å²) in [4.78, 5) is 6.95. The van der Waals surface area contributed by atoms with E-state index in [0.29, 0.717) is 6.04 Å². The number of aromatic nitrogens is 2. The van der Waals surface area contributed by atoms with Crippen molar-refractivity contribution in [3.8, 4) is 0 Å². The lowest BCUT2D eigenvalue weighted by Crippen LogP contribution is -2.45. The minimum atomic E-state index is 0.693. The van der Waals surface area contributed by atoms with Gasteiger partial charge in [0.2, 0.25) is 0 Å². The van der Waals surface area contributed by atoms with Gasteiger partial charge < -0.3 is 9.88 Å². The number of nitrogens with one attached hydrogen (secondary N) is 1. The van der Waals surface area contributed by atoms with Crippen molar-refractivity contribution < 1.29 is 0 Å². The number of likely N-dealkylation sites (N-methyl/N-ethyl adjacent to an activating group) is 1. The van der Waals surface area contributed by atoms with Gasteiger partial charge in [-0.3, -0.25) is 4.90 Å². The van der Waals surface area contributed by atoms with E-state index in [0.717, 1.165) is 26.2 Å². The molecule has 4 heteroatoms. The van der Waals surface area contributed by atoms with Crippen molar-refractivity contribution in [2.45, 2.75) is 58.7 Å². The fourth-order valence-electron chi connectivity index (χ4n) is 2.94. The van der Waals surface area contributed by atoms with Gasteiger partial charge in [0, 0.05) is 31.9 Å². The molecule has 19 heavy (non-hydrogen) atoms. The quantitative estimate of drug-likeness (QED) is 0.820. The summed E-state index contributed by atoms with van der Waals surface area (Å²) in [7, 11) is 0. The predicted octanol–water partition coefficient (Wildman–Crippen LogP) is 2.26. The molecule has 4 nitrogen and oxygen atoms in total. The lowest BCUT2D eigenvalue weighted by molar-refractivity contribution is 0.135. The molecule has 1 aromatic heterocycles. The van der Waals surface area contributed by atoms with Crippen LogP contribution in [0.25, 0.3) is 0 Å². The first-order valence-corrected chi connectivity index (χ1v) is 7.79. The van der Waals surface area contributed by atoms with Crippen molar-refractivity contribution in [1.29, 1.82) is 0 Å². The maximum atomic E-state index is 4.31. The van der Waals surface area contributed by atoms with Crippen LogP contribution in [0.5, 0.6) is 0 Å². The van der Waals surface area contributed by atoms with E-state index in [9.17, 15) is 0 Å². The minimum Gasteiger partial charge on any atom is -0.333 e. The number of imidazole rings is 1. The molecule has 1 fully saturated rings. The van der Waals surface area contributed by atoms with Crippen LogP contribution in [0.1, 0.15) is 45.2 Å². The average Bonchev–Trinajstić information content (AvgIpc) is 2.86. The normalized spacial score (nSPS) is 20.8. The molecular weight excluding hydrogens is 236 g/mol. The molecular formula is C15H28N4. The molecule has 1 saturated heterocycles. The van der Waals surface area contributed by atoms with Crippen molar-refractivity contribution >= 4 is 0 Å². The predicted molar refractivity (Wildman–Crippen MR) is 79.1 cm³/mol. The molecule has 2 rings (SSSR count). The highest BCUT2D eigenvalue weighted by atomic mass is 15.2. The number of nitrogens with zero attached hydrogens (tertiary/aromatic N) is 3. The molecule has 1 N–H and O–H groups in total. The fourth-order valence-corrected chi connectivity index (χ4v) is 2.94. The third-order valence-corrected chi connectivity index (χ3v) is 4.01. The van der Waals surface area contributed by atoms with E-state index in [4.69, 9.17) is 0 Å². The van der Waals surface area contributed by atoms with Gasteiger partial charge in [-0.05, 0) is 32.4 Å². The second-order valence-corrected chi connectivity index (χ2v) is 5.51.